The van der Waals surface area contributed by atoms with Crippen LogP contribution in [0.3, 0.4) is 0 Å². The third kappa shape index (κ3) is 4.78. The molecule has 0 radical (unpaired) electrons. The zero-order valence-corrected chi connectivity index (χ0v) is 15.4. The van der Waals surface area contributed by atoms with E-state index < -0.39 is 10.0 Å². The van der Waals surface area contributed by atoms with Crippen LogP contribution < -0.4 is 5.32 Å². The van der Waals surface area contributed by atoms with Crippen molar-refractivity contribution in [2.75, 3.05) is 37.9 Å². The molecule has 1 amide bonds. The van der Waals surface area contributed by atoms with Crippen molar-refractivity contribution >= 4 is 21.6 Å². The molecule has 1 atom stereocenters. The number of ether oxygens (including phenoxy) is 1. The van der Waals surface area contributed by atoms with Crippen LogP contribution in [-0.4, -0.2) is 51.2 Å². The first-order valence-electron chi connectivity index (χ1n) is 8.18. The van der Waals surface area contributed by atoms with Crippen molar-refractivity contribution in [2.45, 2.75) is 26.7 Å². The Balaban J connectivity index is 2.00. The van der Waals surface area contributed by atoms with Crippen LogP contribution in [0, 0.1) is 19.8 Å². The first-order chi connectivity index (χ1) is 11.3. The third-order valence-corrected chi connectivity index (χ3v) is 6.27. The zero-order chi connectivity index (χ0) is 17.7. The summed E-state index contributed by atoms with van der Waals surface area (Å²) in [6.07, 6.45) is 1.39. The van der Waals surface area contributed by atoms with Gasteiger partial charge in [0.25, 0.3) is 0 Å². The Bertz CT molecular complexity index is 688. The zero-order valence-electron chi connectivity index (χ0n) is 14.5. The minimum atomic E-state index is -3.37. The van der Waals surface area contributed by atoms with Gasteiger partial charge in [-0.25, -0.2) is 12.7 Å². The van der Waals surface area contributed by atoms with E-state index >= 15 is 0 Å². The van der Waals surface area contributed by atoms with Gasteiger partial charge in [0.15, 0.2) is 0 Å². The lowest BCUT2D eigenvalue weighted by atomic mass is 9.98. The maximum absolute atomic E-state index is 12.5. The van der Waals surface area contributed by atoms with Crippen LogP contribution in [0.4, 0.5) is 5.69 Å². The van der Waals surface area contributed by atoms with Gasteiger partial charge in [-0.15, -0.1) is 0 Å². The van der Waals surface area contributed by atoms with E-state index in [0.717, 1.165) is 11.3 Å². The van der Waals surface area contributed by atoms with Crippen molar-refractivity contribution in [3.05, 3.63) is 29.3 Å². The van der Waals surface area contributed by atoms with Gasteiger partial charge in [0.2, 0.25) is 15.9 Å². The number of carbonyl (C=O) groups excluding carboxylic acids is 1. The Morgan fingerprint density at radius 2 is 2.08 bits per heavy atom. The number of methoxy groups -OCH3 is 1. The van der Waals surface area contributed by atoms with E-state index in [2.05, 4.69) is 5.32 Å². The normalized spacial score (nSPS) is 19.2. The van der Waals surface area contributed by atoms with Gasteiger partial charge in [0.05, 0.1) is 18.3 Å². The molecule has 1 unspecified atom stereocenters. The number of piperidine rings is 1. The number of aryl methyl sites for hydroxylation is 2. The van der Waals surface area contributed by atoms with E-state index in [0.29, 0.717) is 19.4 Å². The van der Waals surface area contributed by atoms with Gasteiger partial charge in [-0.2, -0.15) is 0 Å². The van der Waals surface area contributed by atoms with Gasteiger partial charge in [-0.3, -0.25) is 4.79 Å². The predicted octanol–water partition coefficient (Wildman–Crippen LogP) is 1.93. The molecule has 0 saturated carbocycles. The molecule has 0 aromatic heterocycles. The highest BCUT2D eigenvalue weighted by molar-refractivity contribution is 7.89. The van der Waals surface area contributed by atoms with Gasteiger partial charge in [0, 0.05) is 25.9 Å². The summed E-state index contributed by atoms with van der Waals surface area (Å²) >= 11 is 0. The molecule has 2 rings (SSSR count). The first kappa shape index (κ1) is 18.9. The summed E-state index contributed by atoms with van der Waals surface area (Å²) in [5, 5.41) is 2.91. The molecular formula is C17H26N2O4S. The second-order valence-corrected chi connectivity index (χ2v) is 8.38. The van der Waals surface area contributed by atoms with E-state index in [1.165, 1.54) is 17.0 Å². The molecule has 1 N–H and O–H groups in total. The van der Waals surface area contributed by atoms with E-state index in [4.69, 9.17) is 4.74 Å². The van der Waals surface area contributed by atoms with Gasteiger partial charge in [0.1, 0.15) is 0 Å². The number of carbonyl (C=O) groups is 1. The highest BCUT2D eigenvalue weighted by Gasteiger charge is 2.32. The molecule has 0 aliphatic carbocycles. The summed E-state index contributed by atoms with van der Waals surface area (Å²) in [6.45, 7) is 4.89. The summed E-state index contributed by atoms with van der Waals surface area (Å²) in [4.78, 5) is 12.5. The van der Waals surface area contributed by atoms with Crippen molar-refractivity contribution in [3.8, 4) is 0 Å². The smallest absolute Gasteiger partial charge is 0.228 e. The summed E-state index contributed by atoms with van der Waals surface area (Å²) in [6, 6.07) is 5.77. The largest absolute Gasteiger partial charge is 0.384 e. The number of hydrogen-bond donors (Lipinski definition) is 1. The molecule has 1 aromatic carbocycles. The van der Waals surface area contributed by atoms with Crippen LogP contribution in [0.15, 0.2) is 18.2 Å². The minimum absolute atomic E-state index is 0.0466. The average Bonchev–Trinajstić information content (AvgIpc) is 2.56. The van der Waals surface area contributed by atoms with Gasteiger partial charge in [-0.1, -0.05) is 6.07 Å². The fourth-order valence-electron chi connectivity index (χ4n) is 2.79. The van der Waals surface area contributed by atoms with Crippen LogP contribution in [-0.2, 0) is 19.6 Å². The highest BCUT2D eigenvalue weighted by Crippen LogP contribution is 2.22. The Morgan fingerprint density at radius 3 is 2.75 bits per heavy atom. The van der Waals surface area contributed by atoms with Gasteiger partial charge >= 0.3 is 0 Å². The van der Waals surface area contributed by atoms with E-state index in [1.807, 2.05) is 32.0 Å². The summed E-state index contributed by atoms with van der Waals surface area (Å²) in [5.74, 6) is -0.489. The molecule has 0 bridgehead atoms. The Labute approximate surface area is 144 Å². The molecule has 24 heavy (non-hydrogen) atoms. The third-order valence-electron chi connectivity index (χ3n) is 4.47. The standard InChI is InChI=1S/C17H26N2O4S/c1-13-6-7-16(11-14(13)2)18-17(20)15-5-4-8-19(12-15)24(21,22)10-9-23-3/h6-7,11,15H,4-5,8-10,12H2,1-3H3,(H,18,20). The molecule has 1 heterocycles. The molecular weight excluding hydrogens is 328 g/mol. The number of nitrogens with zero attached hydrogens (tertiary/aromatic N) is 1. The lowest BCUT2D eigenvalue weighted by Crippen LogP contribution is -2.45. The van der Waals surface area contributed by atoms with Crippen LogP contribution in [0.2, 0.25) is 0 Å². The summed E-state index contributed by atoms with van der Waals surface area (Å²) in [7, 11) is -1.89. The average molecular weight is 354 g/mol. The number of amides is 1. The quantitative estimate of drug-likeness (QED) is 0.847. The Kier molecular flexibility index (Phi) is 6.37. The predicted molar refractivity (Wildman–Crippen MR) is 94.5 cm³/mol. The van der Waals surface area contributed by atoms with Crippen molar-refractivity contribution in [1.29, 1.82) is 0 Å². The SMILES string of the molecule is COCCS(=O)(=O)N1CCCC(C(=O)Nc2ccc(C)c(C)c2)C1. The second kappa shape index (κ2) is 8.09. The van der Waals surface area contributed by atoms with Gasteiger partial charge < -0.3 is 10.1 Å². The van der Waals surface area contributed by atoms with Crippen molar-refractivity contribution in [3.63, 3.8) is 0 Å². The minimum Gasteiger partial charge on any atom is -0.384 e. The molecule has 1 aliphatic rings. The van der Waals surface area contributed by atoms with Crippen molar-refractivity contribution < 1.29 is 17.9 Å². The summed E-state index contributed by atoms with van der Waals surface area (Å²) in [5.41, 5.74) is 3.03. The Morgan fingerprint density at radius 1 is 1.33 bits per heavy atom. The monoisotopic (exact) mass is 354 g/mol. The van der Waals surface area contributed by atoms with E-state index in [-0.39, 0.29) is 30.7 Å². The molecule has 0 spiro atoms. The van der Waals surface area contributed by atoms with Gasteiger partial charge in [-0.05, 0) is 49.9 Å². The van der Waals surface area contributed by atoms with E-state index in [9.17, 15) is 13.2 Å². The topological polar surface area (TPSA) is 75.7 Å². The summed E-state index contributed by atoms with van der Waals surface area (Å²) < 4.78 is 30.8. The van der Waals surface area contributed by atoms with Crippen molar-refractivity contribution in [2.24, 2.45) is 5.92 Å². The lowest BCUT2D eigenvalue weighted by Gasteiger charge is -2.31. The fraction of sp³-hybridized carbons (Fsp3) is 0.588. The maximum atomic E-state index is 12.5. The van der Waals surface area contributed by atoms with Crippen LogP contribution in [0.1, 0.15) is 24.0 Å². The molecule has 7 heteroatoms. The number of hydrogen-bond acceptors (Lipinski definition) is 4. The number of sulfonamides is 1. The Hall–Kier alpha value is -1.44. The van der Waals surface area contributed by atoms with Crippen LogP contribution >= 0.6 is 0 Å². The maximum Gasteiger partial charge on any atom is 0.228 e. The second-order valence-electron chi connectivity index (χ2n) is 6.29. The molecule has 1 fully saturated rings. The molecule has 134 valence electrons. The van der Waals surface area contributed by atoms with Crippen molar-refractivity contribution in [1.82, 2.24) is 4.31 Å². The van der Waals surface area contributed by atoms with Crippen LogP contribution in [0.25, 0.3) is 0 Å². The number of nitrogens with one attached hydrogen (secondary N) is 1. The first-order valence-corrected chi connectivity index (χ1v) is 9.79. The number of benzene rings is 1. The lowest BCUT2D eigenvalue weighted by molar-refractivity contribution is -0.120. The molecule has 1 saturated heterocycles. The molecule has 1 aromatic rings. The molecule has 1 aliphatic heterocycles. The van der Waals surface area contributed by atoms with E-state index in [1.54, 1.807) is 0 Å². The molecule has 6 nitrogen and oxygen atoms in total. The fourth-order valence-corrected chi connectivity index (χ4v) is 4.24. The van der Waals surface area contributed by atoms with Crippen LogP contribution in [0.5, 0.6) is 0 Å². The highest BCUT2D eigenvalue weighted by atomic mass is 32.2. The number of rotatable bonds is 6. The number of anilines is 1.